The van der Waals surface area contributed by atoms with Gasteiger partial charge in [0, 0.05) is 42.2 Å². The predicted molar refractivity (Wildman–Crippen MR) is 156 cm³/mol. The summed E-state index contributed by atoms with van der Waals surface area (Å²) in [7, 11) is -1.17. The molecular formula is C30H30N4O7S. The zero-order valence-electron chi connectivity index (χ0n) is 22.9. The number of carbonyl (C=O) groups is 1. The number of anilines is 1. The predicted octanol–water partition coefficient (Wildman–Crippen LogP) is 2.90. The molecule has 3 aromatic carbocycles. The number of aliphatic hydroxyl groups is 1. The number of likely N-dealkylation sites (N-methyl/N-ethyl adjacent to an activating group) is 1. The topological polar surface area (TPSA) is 139 Å². The zero-order chi connectivity index (χ0) is 29.7. The molecule has 1 aliphatic rings. The molecule has 2 unspecified atom stereocenters. The second-order valence-electron chi connectivity index (χ2n) is 9.45. The van der Waals surface area contributed by atoms with Crippen molar-refractivity contribution in [3.63, 3.8) is 0 Å². The van der Waals surface area contributed by atoms with Gasteiger partial charge in [-0.25, -0.2) is 13.4 Å². The van der Waals surface area contributed by atoms with Crippen LogP contribution in [0.3, 0.4) is 0 Å². The van der Waals surface area contributed by atoms with Gasteiger partial charge in [0.25, 0.3) is 0 Å². The third-order valence-electron chi connectivity index (χ3n) is 6.71. The summed E-state index contributed by atoms with van der Waals surface area (Å²) in [6.45, 7) is 0.0963. The van der Waals surface area contributed by atoms with Crippen LogP contribution in [-0.4, -0.2) is 57.8 Å². The van der Waals surface area contributed by atoms with Crippen molar-refractivity contribution in [1.82, 2.24) is 15.0 Å². The van der Waals surface area contributed by atoms with Gasteiger partial charge in [-0.1, -0.05) is 48.5 Å². The van der Waals surface area contributed by atoms with Gasteiger partial charge in [-0.05, 0) is 36.2 Å². The number of nitrogens with zero attached hydrogens (tertiary/aromatic N) is 2. The molecule has 42 heavy (non-hydrogen) atoms. The molecule has 0 spiro atoms. The molecule has 12 heteroatoms. The maximum absolute atomic E-state index is 13.7. The highest BCUT2D eigenvalue weighted by Crippen LogP contribution is 2.35. The molecule has 0 bridgehead atoms. The quantitative estimate of drug-likeness (QED) is 0.225. The number of methoxy groups -OCH3 is 1. The molecule has 0 radical (unpaired) electrons. The zero-order valence-corrected chi connectivity index (χ0v) is 23.7. The number of ether oxygens (including phenoxy) is 3. The molecular weight excluding hydrogens is 560 g/mol. The molecule has 1 aliphatic heterocycles. The summed E-state index contributed by atoms with van der Waals surface area (Å²) in [5.74, 6) is 1.07. The van der Waals surface area contributed by atoms with Crippen molar-refractivity contribution >= 4 is 21.6 Å². The first kappa shape index (κ1) is 29.0. The SMILES string of the molecule is COc1ccc(-c2ccccc2S(=O)(=O)NC(O)NC(Cc2ccccc2)C(=O)N(C)c2ccc3c(c2)OCO3)cn1. The lowest BCUT2D eigenvalue weighted by atomic mass is 10.0. The summed E-state index contributed by atoms with van der Waals surface area (Å²) >= 11 is 0. The van der Waals surface area contributed by atoms with E-state index in [0.29, 0.717) is 34.2 Å². The van der Waals surface area contributed by atoms with Gasteiger partial charge in [0.15, 0.2) is 17.9 Å². The number of hydrogen-bond acceptors (Lipinski definition) is 9. The third kappa shape index (κ3) is 6.52. The highest BCUT2D eigenvalue weighted by atomic mass is 32.2. The first-order valence-corrected chi connectivity index (χ1v) is 14.5. The van der Waals surface area contributed by atoms with E-state index < -0.39 is 28.3 Å². The summed E-state index contributed by atoms with van der Waals surface area (Å²) in [6.07, 6.45) is -0.107. The first-order valence-electron chi connectivity index (χ1n) is 13.0. The summed E-state index contributed by atoms with van der Waals surface area (Å²) in [5, 5.41) is 13.7. The standard InChI is InChI=1S/C30H30N4O7S/c1-34(22-13-14-25-26(17-22)41-19-40-25)29(35)24(16-20-8-4-3-5-9-20)32-30(36)33-42(37,38)27-11-7-6-10-23(27)21-12-15-28(39-2)31-18-21/h3-15,17-18,24,30,32-33,36H,16,19H2,1-2H3. The molecule has 1 aromatic heterocycles. The van der Waals surface area contributed by atoms with Crippen LogP contribution in [0.2, 0.25) is 0 Å². The maximum Gasteiger partial charge on any atom is 0.244 e. The van der Waals surface area contributed by atoms with E-state index in [4.69, 9.17) is 14.2 Å². The number of sulfonamides is 1. The van der Waals surface area contributed by atoms with Crippen LogP contribution in [0, 0.1) is 0 Å². The van der Waals surface area contributed by atoms with Crippen LogP contribution in [0.15, 0.2) is 96.0 Å². The van der Waals surface area contributed by atoms with Gasteiger partial charge >= 0.3 is 0 Å². The largest absolute Gasteiger partial charge is 0.481 e. The molecule has 0 saturated carbocycles. The van der Waals surface area contributed by atoms with E-state index in [2.05, 4.69) is 15.0 Å². The lowest BCUT2D eigenvalue weighted by molar-refractivity contribution is -0.121. The van der Waals surface area contributed by atoms with E-state index in [-0.39, 0.29) is 18.1 Å². The van der Waals surface area contributed by atoms with Crippen molar-refractivity contribution in [2.75, 3.05) is 25.9 Å². The number of benzene rings is 3. The molecule has 2 heterocycles. The molecule has 0 saturated heterocycles. The first-order chi connectivity index (χ1) is 20.2. The van der Waals surface area contributed by atoms with Crippen molar-refractivity contribution < 1.29 is 32.5 Å². The number of carbonyl (C=O) groups excluding carboxylic acids is 1. The summed E-state index contributed by atoms with van der Waals surface area (Å²) < 4.78 is 45.1. The van der Waals surface area contributed by atoms with Crippen molar-refractivity contribution in [2.24, 2.45) is 0 Å². The van der Waals surface area contributed by atoms with Gasteiger partial charge in [-0.2, -0.15) is 4.72 Å². The second kappa shape index (κ2) is 12.6. The van der Waals surface area contributed by atoms with Crippen LogP contribution < -0.4 is 29.1 Å². The molecule has 218 valence electrons. The Labute approximate surface area is 243 Å². The minimum atomic E-state index is -4.25. The molecule has 3 N–H and O–H groups in total. The van der Waals surface area contributed by atoms with E-state index in [9.17, 15) is 18.3 Å². The van der Waals surface area contributed by atoms with Gasteiger partial charge in [0.05, 0.1) is 18.0 Å². The second-order valence-corrected chi connectivity index (χ2v) is 11.1. The van der Waals surface area contributed by atoms with Crippen molar-refractivity contribution in [3.05, 3.63) is 96.7 Å². The van der Waals surface area contributed by atoms with E-state index in [0.717, 1.165) is 5.56 Å². The average Bonchev–Trinajstić information content (AvgIpc) is 3.48. The Morgan fingerprint density at radius 1 is 1.02 bits per heavy atom. The number of rotatable bonds is 11. The molecule has 4 aromatic rings. The van der Waals surface area contributed by atoms with Gasteiger partial charge in [-0.15, -0.1) is 0 Å². The monoisotopic (exact) mass is 590 g/mol. The van der Waals surface area contributed by atoms with E-state index in [1.54, 1.807) is 55.6 Å². The Bertz CT molecular complexity index is 1650. The van der Waals surface area contributed by atoms with Gasteiger partial charge in [0.1, 0.15) is 0 Å². The highest BCUT2D eigenvalue weighted by Gasteiger charge is 2.29. The molecule has 0 aliphatic carbocycles. The lowest BCUT2D eigenvalue weighted by Crippen LogP contribution is -2.55. The Balaban J connectivity index is 1.37. The number of aromatic nitrogens is 1. The van der Waals surface area contributed by atoms with Crippen molar-refractivity contribution in [1.29, 1.82) is 0 Å². The van der Waals surface area contributed by atoms with Gasteiger partial charge < -0.3 is 24.2 Å². The van der Waals surface area contributed by atoms with Gasteiger partial charge in [-0.3, -0.25) is 10.1 Å². The Morgan fingerprint density at radius 2 is 1.76 bits per heavy atom. The van der Waals surface area contributed by atoms with Crippen LogP contribution >= 0.6 is 0 Å². The van der Waals surface area contributed by atoms with Gasteiger partial charge in [0.2, 0.25) is 28.6 Å². The molecule has 1 amide bonds. The Morgan fingerprint density at radius 3 is 2.50 bits per heavy atom. The fraction of sp³-hybridized carbons (Fsp3) is 0.200. The number of fused-ring (bicyclic) bond motifs is 1. The fourth-order valence-electron chi connectivity index (χ4n) is 4.56. The molecule has 2 atom stereocenters. The molecule has 11 nitrogen and oxygen atoms in total. The number of aliphatic hydroxyl groups excluding tert-OH is 1. The van der Waals surface area contributed by atoms with Crippen LogP contribution in [0.25, 0.3) is 11.1 Å². The number of nitrogens with one attached hydrogen (secondary N) is 2. The smallest absolute Gasteiger partial charge is 0.244 e. The van der Waals surface area contributed by atoms with E-state index in [1.165, 1.54) is 24.3 Å². The Hall–Kier alpha value is -4.49. The van der Waals surface area contributed by atoms with Crippen LogP contribution in [0.4, 0.5) is 5.69 Å². The summed E-state index contributed by atoms with van der Waals surface area (Å²) in [6, 6.07) is 23.0. The summed E-state index contributed by atoms with van der Waals surface area (Å²) in [5.41, 5.74) is 2.28. The van der Waals surface area contributed by atoms with Crippen LogP contribution in [0.5, 0.6) is 17.4 Å². The fourth-order valence-corrected chi connectivity index (χ4v) is 5.78. The van der Waals surface area contributed by atoms with Crippen LogP contribution in [-0.2, 0) is 21.2 Å². The third-order valence-corrected chi connectivity index (χ3v) is 8.18. The maximum atomic E-state index is 13.7. The van der Waals surface area contributed by atoms with E-state index in [1.807, 2.05) is 30.3 Å². The lowest BCUT2D eigenvalue weighted by Gasteiger charge is -2.27. The summed E-state index contributed by atoms with van der Waals surface area (Å²) in [4.78, 5) is 19.2. The number of pyridine rings is 1. The molecule has 0 fully saturated rings. The number of amides is 1. The normalized spacial score (nSPS) is 13.8. The molecule has 5 rings (SSSR count). The van der Waals surface area contributed by atoms with E-state index >= 15 is 0 Å². The van der Waals surface area contributed by atoms with Crippen molar-refractivity contribution in [2.45, 2.75) is 23.7 Å². The van der Waals surface area contributed by atoms with Crippen LogP contribution in [0.1, 0.15) is 5.56 Å². The Kier molecular flexibility index (Phi) is 8.69. The minimum Gasteiger partial charge on any atom is -0.481 e. The number of hydrogen-bond donors (Lipinski definition) is 3. The van der Waals surface area contributed by atoms with Crippen molar-refractivity contribution in [3.8, 4) is 28.5 Å². The minimum absolute atomic E-state index is 0.0683. The average molecular weight is 591 g/mol. The highest BCUT2D eigenvalue weighted by molar-refractivity contribution is 7.89.